The van der Waals surface area contributed by atoms with E-state index in [1.807, 2.05) is 0 Å². The fourth-order valence-corrected chi connectivity index (χ4v) is 3.75. The summed E-state index contributed by atoms with van der Waals surface area (Å²) in [6.45, 7) is 5.73. The molecule has 0 aromatic carbocycles. The van der Waals surface area contributed by atoms with Gasteiger partial charge in [0.15, 0.2) is 0 Å². The zero-order chi connectivity index (χ0) is 16.0. The van der Waals surface area contributed by atoms with Gasteiger partial charge in [0.1, 0.15) is 0 Å². The predicted octanol–water partition coefficient (Wildman–Crippen LogP) is 2.18. The van der Waals surface area contributed by atoms with Gasteiger partial charge in [0.05, 0.1) is 5.41 Å². The van der Waals surface area contributed by atoms with Gasteiger partial charge in [-0.15, -0.1) is 6.58 Å². The molecule has 2 fully saturated rings. The lowest BCUT2D eigenvalue weighted by molar-refractivity contribution is -0.152. The second-order valence-electron chi connectivity index (χ2n) is 6.76. The van der Waals surface area contributed by atoms with E-state index in [-0.39, 0.29) is 5.91 Å². The Balaban J connectivity index is 1.80. The largest absolute Gasteiger partial charge is 0.481 e. The molecule has 1 aliphatic carbocycles. The average molecular weight is 308 g/mol. The summed E-state index contributed by atoms with van der Waals surface area (Å²) in [7, 11) is 0. The minimum Gasteiger partial charge on any atom is -0.481 e. The Morgan fingerprint density at radius 3 is 2.68 bits per heavy atom. The molecule has 1 saturated heterocycles. The van der Waals surface area contributed by atoms with Crippen LogP contribution in [0.1, 0.15) is 51.4 Å². The molecular formula is C17H28N2O3. The smallest absolute Gasteiger partial charge is 0.311 e. The lowest BCUT2D eigenvalue weighted by atomic mass is 9.77. The number of aliphatic carboxylic acids is 1. The van der Waals surface area contributed by atoms with Crippen LogP contribution in [0.4, 0.5) is 0 Å². The van der Waals surface area contributed by atoms with E-state index in [2.05, 4.69) is 16.8 Å². The molecule has 1 aliphatic heterocycles. The molecule has 2 aliphatic rings. The van der Waals surface area contributed by atoms with Crippen molar-refractivity contribution in [2.24, 2.45) is 5.41 Å². The number of carbonyl (C=O) groups is 2. The molecule has 5 nitrogen and oxygen atoms in total. The highest BCUT2D eigenvalue weighted by Gasteiger charge is 2.41. The van der Waals surface area contributed by atoms with Crippen LogP contribution in [0.15, 0.2) is 12.7 Å². The monoisotopic (exact) mass is 308 g/mol. The maximum absolute atomic E-state index is 12.0. The Kier molecular flexibility index (Phi) is 6.00. The van der Waals surface area contributed by atoms with E-state index in [1.54, 1.807) is 6.08 Å². The van der Waals surface area contributed by atoms with E-state index < -0.39 is 11.4 Å². The highest BCUT2D eigenvalue weighted by atomic mass is 16.4. The molecule has 0 aromatic rings. The van der Waals surface area contributed by atoms with Crippen LogP contribution in [0.2, 0.25) is 0 Å². The van der Waals surface area contributed by atoms with E-state index in [0.717, 1.165) is 25.8 Å². The quantitative estimate of drug-likeness (QED) is 0.707. The van der Waals surface area contributed by atoms with Crippen LogP contribution in [0, 0.1) is 5.41 Å². The zero-order valence-corrected chi connectivity index (χ0v) is 13.4. The van der Waals surface area contributed by atoms with Crippen molar-refractivity contribution in [2.75, 3.05) is 19.6 Å². The number of carboxylic acid groups (broad SMARTS) is 1. The molecular weight excluding hydrogens is 280 g/mol. The summed E-state index contributed by atoms with van der Waals surface area (Å²) < 4.78 is 0. The van der Waals surface area contributed by atoms with Gasteiger partial charge in [0.2, 0.25) is 5.91 Å². The molecule has 1 atom stereocenters. The normalized spacial score (nSPS) is 26.7. The molecule has 0 aromatic heterocycles. The Morgan fingerprint density at radius 2 is 2.05 bits per heavy atom. The van der Waals surface area contributed by atoms with Gasteiger partial charge in [-0.05, 0) is 38.6 Å². The first kappa shape index (κ1) is 17.0. The van der Waals surface area contributed by atoms with Crippen molar-refractivity contribution in [3.63, 3.8) is 0 Å². The molecule has 22 heavy (non-hydrogen) atoms. The lowest BCUT2D eigenvalue weighted by Crippen LogP contribution is -2.48. The van der Waals surface area contributed by atoms with E-state index >= 15 is 0 Å². The van der Waals surface area contributed by atoms with Gasteiger partial charge in [0, 0.05) is 25.6 Å². The number of rotatable bonds is 7. The number of carbonyl (C=O) groups excluding carboxylic acids is 1. The van der Waals surface area contributed by atoms with Crippen molar-refractivity contribution in [3.05, 3.63) is 12.7 Å². The number of nitrogens with one attached hydrogen (secondary N) is 1. The molecule has 2 N–H and O–H groups in total. The Hall–Kier alpha value is -1.36. The summed E-state index contributed by atoms with van der Waals surface area (Å²) in [5, 5.41) is 12.6. The van der Waals surface area contributed by atoms with Crippen molar-refractivity contribution < 1.29 is 14.7 Å². The number of nitrogens with zero attached hydrogens (tertiary/aromatic N) is 1. The summed E-state index contributed by atoms with van der Waals surface area (Å²) in [5.41, 5.74) is -0.720. The van der Waals surface area contributed by atoms with Gasteiger partial charge in [-0.3, -0.25) is 9.59 Å². The molecule has 1 saturated carbocycles. The van der Waals surface area contributed by atoms with Crippen LogP contribution < -0.4 is 5.32 Å². The summed E-state index contributed by atoms with van der Waals surface area (Å²) in [4.78, 5) is 25.7. The van der Waals surface area contributed by atoms with Crippen molar-refractivity contribution in [1.82, 2.24) is 10.2 Å². The maximum Gasteiger partial charge on any atom is 0.311 e. The molecule has 2 rings (SSSR count). The van der Waals surface area contributed by atoms with Crippen LogP contribution in [-0.2, 0) is 9.59 Å². The highest BCUT2D eigenvalue weighted by Crippen LogP contribution is 2.34. The maximum atomic E-state index is 12.0. The predicted molar refractivity (Wildman–Crippen MR) is 85.6 cm³/mol. The number of piperidine rings is 1. The number of allylic oxidation sites excluding steroid dienone is 1. The van der Waals surface area contributed by atoms with Crippen LogP contribution in [0.5, 0.6) is 0 Å². The van der Waals surface area contributed by atoms with Crippen LogP contribution >= 0.6 is 0 Å². The fraction of sp³-hybridized carbons (Fsp3) is 0.765. The van der Waals surface area contributed by atoms with Gasteiger partial charge in [-0.2, -0.15) is 0 Å². The van der Waals surface area contributed by atoms with Crippen molar-refractivity contribution >= 4 is 11.9 Å². The third-order valence-corrected chi connectivity index (χ3v) is 5.02. The van der Waals surface area contributed by atoms with E-state index in [4.69, 9.17) is 0 Å². The summed E-state index contributed by atoms with van der Waals surface area (Å²) in [6.07, 6.45) is 8.81. The van der Waals surface area contributed by atoms with E-state index in [1.165, 1.54) is 12.8 Å². The second-order valence-corrected chi connectivity index (χ2v) is 6.76. The van der Waals surface area contributed by atoms with Crippen molar-refractivity contribution in [1.29, 1.82) is 0 Å². The SMILES string of the molecule is C=CC[C@]1(C(=O)O)CCCN(CCC(=O)NC2CCCC2)C1. The lowest BCUT2D eigenvalue weighted by Gasteiger charge is -2.39. The first-order valence-corrected chi connectivity index (χ1v) is 8.42. The van der Waals surface area contributed by atoms with Gasteiger partial charge in [-0.1, -0.05) is 18.9 Å². The number of likely N-dealkylation sites (tertiary alicyclic amines) is 1. The van der Waals surface area contributed by atoms with E-state index in [0.29, 0.717) is 38.4 Å². The number of hydrogen-bond acceptors (Lipinski definition) is 3. The number of hydrogen-bond donors (Lipinski definition) is 2. The third-order valence-electron chi connectivity index (χ3n) is 5.02. The van der Waals surface area contributed by atoms with Gasteiger partial charge < -0.3 is 15.3 Å². The molecule has 1 heterocycles. The Morgan fingerprint density at radius 1 is 1.32 bits per heavy atom. The molecule has 0 unspecified atom stereocenters. The third kappa shape index (κ3) is 4.32. The molecule has 0 bridgehead atoms. The topological polar surface area (TPSA) is 69.6 Å². The second kappa shape index (κ2) is 7.77. The minimum atomic E-state index is -0.743. The van der Waals surface area contributed by atoms with Gasteiger partial charge in [-0.25, -0.2) is 0 Å². The average Bonchev–Trinajstić information content (AvgIpc) is 2.98. The first-order valence-electron chi connectivity index (χ1n) is 8.42. The summed E-state index contributed by atoms with van der Waals surface area (Å²) in [5.74, 6) is -0.644. The minimum absolute atomic E-state index is 0.0992. The van der Waals surface area contributed by atoms with Crippen LogP contribution in [0.25, 0.3) is 0 Å². The number of amides is 1. The number of carboxylic acids is 1. The van der Waals surface area contributed by atoms with Crippen molar-refractivity contribution in [2.45, 2.75) is 57.4 Å². The van der Waals surface area contributed by atoms with Crippen LogP contribution in [-0.4, -0.2) is 47.6 Å². The highest BCUT2D eigenvalue weighted by molar-refractivity contribution is 5.77. The Bertz CT molecular complexity index is 418. The van der Waals surface area contributed by atoms with E-state index in [9.17, 15) is 14.7 Å². The standard InChI is InChI=1S/C17H28N2O3/c1-2-9-17(16(21)22)10-5-11-19(13-17)12-8-15(20)18-14-6-3-4-7-14/h2,14H,1,3-13H2,(H,18,20)(H,21,22)/t17-/m0/s1. The zero-order valence-electron chi connectivity index (χ0n) is 13.4. The van der Waals surface area contributed by atoms with Crippen molar-refractivity contribution in [3.8, 4) is 0 Å². The van der Waals surface area contributed by atoms with Crippen LogP contribution in [0.3, 0.4) is 0 Å². The molecule has 124 valence electrons. The summed E-state index contributed by atoms with van der Waals surface area (Å²) in [6, 6.07) is 0.354. The summed E-state index contributed by atoms with van der Waals surface area (Å²) >= 11 is 0. The molecule has 1 amide bonds. The Labute approximate surface area is 132 Å². The van der Waals surface area contributed by atoms with Gasteiger partial charge >= 0.3 is 5.97 Å². The molecule has 5 heteroatoms. The molecule has 0 radical (unpaired) electrons. The fourth-order valence-electron chi connectivity index (χ4n) is 3.75. The first-order chi connectivity index (χ1) is 10.6. The molecule has 0 spiro atoms. The van der Waals surface area contributed by atoms with Gasteiger partial charge in [0.25, 0.3) is 0 Å².